The summed E-state index contributed by atoms with van der Waals surface area (Å²) in [6, 6.07) is 27.5. The lowest BCUT2D eigenvalue weighted by molar-refractivity contribution is -0.138. The number of nitrogens with zero attached hydrogens (tertiary/aromatic N) is 3. The van der Waals surface area contributed by atoms with Gasteiger partial charge in [0.2, 0.25) is 0 Å². The summed E-state index contributed by atoms with van der Waals surface area (Å²) in [6.07, 6.45) is 1.80. The highest BCUT2D eigenvalue weighted by atomic mass is 32.1. The molecule has 1 atom stereocenters. The lowest BCUT2D eigenvalue weighted by atomic mass is 9.97. The summed E-state index contributed by atoms with van der Waals surface area (Å²) in [5, 5.41) is 11.0. The Hall–Kier alpha value is -5.24. The van der Waals surface area contributed by atoms with Gasteiger partial charge in [0.05, 0.1) is 40.6 Å². The van der Waals surface area contributed by atoms with Gasteiger partial charge in [-0.05, 0) is 66.8 Å². The van der Waals surface area contributed by atoms with E-state index in [-0.39, 0.29) is 12.2 Å². The number of ether oxygens (including phenoxy) is 3. The molecule has 2 aromatic heterocycles. The van der Waals surface area contributed by atoms with Gasteiger partial charge in [0, 0.05) is 10.4 Å². The fourth-order valence-electron chi connectivity index (χ4n) is 5.15. The smallest absolute Gasteiger partial charge is 0.338 e. The van der Waals surface area contributed by atoms with Crippen molar-refractivity contribution in [3.63, 3.8) is 0 Å². The first-order valence-electron chi connectivity index (χ1n) is 14.7. The highest BCUT2D eigenvalue weighted by Crippen LogP contribution is 2.37. The Labute approximate surface area is 273 Å². The van der Waals surface area contributed by atoms with Crippen molar-refractivity contribution in [1.29, 1.82) is 5.26 Å². The molecule has 0 fully saturated rings. The molecule has 10 heteroatoms. The minimum Gasteiger partial charge on any atom is -0.490 e. The van der Waals surface area contributed by atoms with E-state index >= 15 is 0 Å². The van der Waals surface area contributed by atoms with Crippen LogP contribution < -0.4 is 24.4 Å². The first-order chi connectivity index (χ1) is 22.5. The quantitative estimate of drug-likeness (QED) is 0.176. The monoisotopic (exact) mass is 647 g/mol. The van der Waals surface area contributed by atoms with Gasteiger partial charge in [-0.1, -0.05) is 65.9 Å². The number of carbonyl (C=O) groups excluding carboxylic acids is 1. The summed E-state index contributed by atoms with van der Waals surface area (Å²) in [4.78, 5) is 33.8. The second kappa shape index (κ2) is 13.8. The maximum Gasteiger partial charge on any atom is 0.338 e. The van der Waals surface area contributed by atoms with Crippen molar-refractivity contribution in [2.75, 3.05) is 13.2 Å². The summed E-state index contributed by atoms with van der Waals surface area (Å²) >= 11 is 2.74. The van der Waals surface area contributed by atoms with E-state index in [0.29, 0.717) is 50.9 Å². The Bertz CT molecular complexity index is 2120. The van der Waals surface area contributed by atoms with Gasteiger partial charge in [0.25, 0.3) is 5.56 Å². The number of esters is 1. The first-order valence-corrected chi connectivity index (χ1v) is 16.4. The number of benzene rings is 3. The zero-order valence-corrected chi connectivity index (χ0v) is 26.8. The number of aromatic nitrogens is 1. The van der Waals surface area contributed by atoms with Gasteiger partial charge in [-0.15, -0.1) is 11.3 Å². The number of thiazole rings is 1. The molecule has 46 heavy (non-hydrogen) atoms. The Balaban J connectivity index is 1.43. The van der Waals surface area contributed by atoms with Gasteiger partial charge in [0.1, 0.15) is 12.6 Å². The fraction of sp³-hybridized carbons (Fsp3) is 0.167. The summed E-state index contributed by atoms with van der Waals surface area (Å²) < 4.78 is 19.5. The molecule has 1 aliphatic rings. The minimum absolute atomic E-state index is 0.196. The fourth-order valence-corrected chi connectivity index (χ4v) is 6.97. The van der Waals surface area contributed by atoms with Crippen molar-refractivity contribution in [2.45, 2.75) is 26.5 Å². The zero-order chi connectivity index (χ0) is 32.0. The van der Waals surface area contributed by atoms with Crippen LogP contribution in [0.1, 0.15) is 47.0 Å². The molecule has 5 aromatic rings. The van der Waals surface area contributed by atoms with Crippen LogP contribution in [0.15, 0.2) is 106 Å². The highest BCUT2D eigenvalue weighted by molar-refractivity contribution is 7.10. The normalized spacial score (nSPS) is 14.3. The third-order valence-corrected chi connectivity index (χ3v) is 9.14. The van der Waals surface area contributed by atoms with Crippen molar-refractivity contribution in [2.24, 2.45) is 4.99 Å². The molecular weight excluding hydrogens is 619 g/mol. The van der Waals surface area contributed by atoms with E-state index in [1.165, 1.54) is 22.7 Å². The summed E-state index contributed by atoms with van der Waals surface area (Å²) in [6.45, 7) is 4.58. The number of rotatable bonds is 10. The number of carbonyl (C=O) groups is 1. The summed E-state index contributed by atoms with van der Waals surface area (Å²) in [5.41, 5.74) is 3.59. The van der Waals surface area contributed by atoms with Crippen molar-refractivity contribution in [3.8, 4) is 17.6 Å². The van der Waals surface area contributed by atoms with Crippen molar-refractivity contribution in [3.05, 3.63) is 143 Å². The molecule has 0 bridgehead atoms. The Morgan fingerprint density at radius 3 is 2.48 bits per heavy atom. The van der Waals surface area contributed by atoms with Gasteiger partial charge >= 0.3 is 5.97 Å². The van der Waals surface area contributed by atoms with E-state index in [1.54, 1.807) is 29.7 Å². The number of fused-ring (bicyclic) bond motifs is 1. The Kier molecular flexibility index (Phi) is 9.24. The average molecular weight is 648 g/mol. The lowest BCUT2D eigenvalue weighted by Crippen LogP contribution is -2.39. The number of hydrogen-bond donors (Lipinski definition) is 0. The molecule has 0 radical (unpaired) electrons. The Morgan fingerprint density at radius 2 is 1.78 bits per heavy atom. The molecule has 8 nitrogen and oxygen atoms in total. The molecule has 0 unspecified atom stereocenters. The highest BCUT2D eigenvalue weighted by Gasteiger charge is 2.35. The molecule has 0 aliphatic carbocycles. The molecule has 0 spiro atoms. The zero-order valence-electron chi connectivity index (χ0n) is 25.1. The van der Waals surface area contributed by atoms with Crippen LogP contribution in [-0.4, -0.2) is 23.8 Å². The maximum absolute atomic E-state index is 14.1. The molecule has 3 aromatic carbocycles. The third-order valence-electron chi connectivity index (χ3n) is 7.23. The van der Waals surface area contributed by atoms with Crippen molar-refractivity contribution >= 4 is 40.4 Å². The average Bonchev–Trinajstić information content (AvgIpc) is 3.73. The molecule has 0 saturated carbocycles. The van der Waals surface area contributed by atoms with Crippen LogP contribution in [0.3, 0.4) is 0 Å². The molecule has 230 valence electrons. The van der Waals surface area contributed by atoms with E-state index < -0.39 is 12.0 Å². The first kappa shape index (κ1) is 30.8. The predicted octanol–water partition coefficient (Wildman–Crippen LogP) is 5.85. The van der Waals surface area contributed by atoms with E-state index in [1.807, 2.05) is 85.1 Å². The minimum atomic E-state index is -0.690. The predicted molar refractivity (Wildman–Crippen MR) is 178 cm³/mol. The largest absolute Gasteiger partial charge is 0.490 e. The van der Waals surface area contributed by atoms with Crippen LogP contribution in [0.25, 0.3) is 11.8 Å². The van der Waals surface area contributed by atoms with Crippen molar-refractivity contribution in [1.82, 2.24) is 4.57 Å². The van der Waals surface area contributed by atoms with Crippen LogP contribution >= 0.6 is 22.7 Å². The van der Waals surface area contributed by atoms with E-state index in [9.17, 15) is 9.59 Å². The molecule has 0 N–H and O–H groups in total. The number of hydrogen-bond acceptors (Lipinski definition) is 9. The molecule has 3 heterocycles. The van der Waals surface area contributed by atoms with E-state index in [0.717, 1.165) is 21.6 Å². The Morgan fingerprint density at radius 1 is 0.978 bits per heavy atom. The SMILES string of the molecule is CCOC(=O)C1=C(c2ccccc2)N=c2s/c(=C\c3ccc(OCc4ccc(C#N)cc4)c(OCC)c3)c(=O)n2[C@H]1c1cccs1. The van der Waals surface area contributed by atoms with Gasteiger partial charge in [0.15, 0.2) is 16.3 Å². The van der Waals surface area contributed by atoms with Crippen LogP contribution in [0.5, 0.6) is 11.5 Å². The topological polar surface area (TPSA) is 103 Å². The standard InChI is InChI=1S/C36H29N3O5S2/c1-3-42-28-19-25(16-17-27(28)44-22-24-14-12-23(21-37)13-15-24)20-30-34(40)39-33(29-11-8-18-45-29)31(35(41)43-4-2)32(38-36(39)46-30)26-9-6-5-7-10-26/h5-20,33H,3-4,22H2,1-2H3/b30-20-/t33-/m0/s1. The van der Waals surface area contributed by atoms with Crippen LogP contribution in [0.4, 0.5) is 0 Å². The van der Waals surface area contributed by atoms with Gasteiger partial charge in [-0.2, -0.15) is 5.26 Å². The maximum atomic E-state index is 14.1. The third kappa shape index (κ3) is 6.29. The molecule has 0 saturated heterocycles. The van der Waals surface area contributed by atoms with Crippen LogP contribution in [0, 0.1) is 11.3 Å². The summed E-state index contributed by atoms with van der Waals surface area (Å²) in [5.74, 6) is 0.606. The summed E-state index contributed by atoms with van der Waals surface area (Å²) in [7, 11) is 0. The van der Waals surface area contributed by atoms with E-state index in [2.05, 4.69) is 6.07 Å². The molecule has 1 aliphatic heterocycles. The molecule has 6 rings (SSSR count). The van der Waals surface area contributed by atoms with E-state index in [4.69, 9.17) is 24.5 Å². The van der Waals surface area contributed by atoms with Crippen molar-refractivity contribution < 1.29 is 19.0 Å². The lowest BCUT2D eigenvalue weighted by Gasteiger charge is -2.24. The van der Waals surface area contributed by atoms with Gasteiger partial charge in [-0.25, -0.2) is 9.79 Å². The second-order valence-electron chi connectivity index (χ2n) is 10.2. The van der Waals surface area contributed by atoms with Gasteiger partial charge < -0.3 is 14.2 Å². The molecule has 0 amide bonds. The van der Waals surface area contributed by atoms with Crippen LogP contribution in [-0.2, 0) is 16.1 Å². The number of nitriles is 1. The van der Waals surface area contributed by atoms with Crippen LogP contribution in [0.2, 0.25) is 0 Å². The second-order valence-corrected chi connectivity index (χ2v) is 12.2. The molecular formula is C36H29N3O5S2. The number of thiophene rings is 1. The van der Waals surface area contributed by atoms with Gasteiger partial charge in [-0.3, -0.25) is 9.36 Å².